The second kappa shape index (κ2) is 6.21. The summed E-state index contributed by atoms with van der Waals surface area (Å²) < 4.78 is 5.27. The molecule has 70 valence electrons. The molecule has 1 aliphatic heterocycles. The number of ether oxygens (including phenoxy) is 1. The van der Waals surface area contributed by atoms with Crippen molar-refractivity contribution in [2.24, 2.45) is 5.92 Å². The van der Waals surface area contributed by atoms with Gasteiger partial charge in [-0.1, -0.05) is 19.1 Å². The Morgan fingerprint density at radius 3 is 3.17 bits per heavy atom. The topological polar surface area (TPSA) is 21.3 Å². The molecule has 1 heterocycles. The predicted molar refractivity (Wildman–Crippen MR) is 51.2 cm³/mol. The van der Waals surface area contributed by atoms with Crippen LogP contribution in [0.5, 0.6) is 0 Å². The average molecular weight is 169 g/mol. The number of nitrogens with one attached hydrogen (secondary N) is 1. The SMILES string of the molecule is CCNCCC=CC1CCOC1. The maximum absolute atomic E-state index is 5.27. The van der Waals surface area contributed by atoms with Gasteiger partial charge in [-0.25, -0.2) is 0 Å². The fourth-order valence-electron chi connectivity index (χ4n) is 1.36. The molecule has 0 aromatic heterocycles. The van der Waals surface area contributed by atoms with E-state index < -0.39 is 0 Å². The first-order chi connectivity index (χ1) is 5.93. The number of rotatable bonds is 5. The van der Waals surface area contributed by atoms with Crippen molar-refractivity contribution in [3.05, 3.63) is 12.2 Å². The molecule has 12 heavy (non-hydrogen) atoms. The third kappa shape index (κ3) is 3.88. The molecule has 0 aromatic carbocycles. The summed E-state index contributed by atoms with van der Waals surface area (Å²) in [5.41, 5.74) is 0. The Balaban J connectivity index is 1.97. The summed E-state index contributed by atoms with van der Waals surface area (Å²) in [6.07, 6.45) is 6.91. The van der Waals surface area contributed by atoms with Crippen LogP contribution >= 0.6 is 0 Å². The van der Waals surface area contributed by atoms with E-state index in [1.54, 1.807) is 0 Å². The molecule has 1 atom stereocenters. The lowest BCUT2D eigenvalue weighted by Gasteiger charge is -1.99. The lowest BCUT2D eigenvalue weighted by molar-refractivity contribution is 0.191. The highest BCUT2D eigenvalue weighted by Crippen LogP contribution is 2.13. The van der Waals surface area contributed by atoms with Crippen molar-refractivity contribution in [2.45, 2.75) is 19.8 Å². The van der Waals surface area contributed by atoms with E-state index in [0.717, 1.165) is 32.7 Å². The van der Waals surface area contributed by atoms with E-state index in [-0.39, 0.29) is 0 Å². The summed E-state index contributed by atoms with van der Waals surface area (Å²) in [6, 6.07) is 0. The molecule has 0 aliphatic carbocycles. The molecule has 0 bridgehead atoms. The minimum Gasteiger partial charge on any atom is -0.381 e. The fraction of sp³-hybridized carbons (Fsp3) is 0.800. The van der Waals surface area contributed by atoms with E-state index >= 15 is 0 Å². The van der Waals surface area contributed by atoms with Crippen LogP contribution < -0.4 is 5.32 Å². The van der Waals surface area contributed by atoms with Gasteiger partial charge in [0.1, 0.15) is 0 Å². The normalized spacial score (nSPS) is 23.9. The van der Waals surface area contributed by atoms with Gasteiger partial charge in [0.25, 0.3) is 0 Å². The van der Waals surface area contributed by atoms with Crippen LogP contribution in [0.2, 0.25) is 0 Å². The standard InChI is InChI=1S/C10H19NO/c1-2-11-7-4-3-5-10-6-8-12-9-10/h3,5,10-11H,2,4,6-9H2,1H3. The lowest BCUT2D eigenvalue weighted by atomic mass is 10.1. The van der Waals surface area contributed by atoms with Crippen LogP contribution in [0.4, 0.5) is 0 Å². The zero-order chi connectivity index (χ0) is 8.65. The summed E-state index contributed by atoms with van der Waals surface area (Å²) in [5, 5.41) is 3.29. The molecule has 2 nitrogen and oxygen atoms in total. The summed E-state index contributed by atoms with van der Waals surface area (Å²) >= 11 is 0. The van der Waals surface area contributed by atoms with Crippen LogP contribution in [-0.4, -0.2) is 26.3 Å². The smallest absolute Gasteiger partial charge is 0.0529 e. The Hall–Kier alpha value is -0.340. The maximum Gasteiger partial charge on any atom is 0.0529 e. The highest BCUT2D eigenvalue weighted by atomic mass is 16.5. The van der Waals surface area contributed by atoms with Gasteiger partial charge in [-0.2, -0.15) is 0 Å². The zero-order valence-electron chi connectivity index (χ0n) is 7.88. The van der Waals surface area contributed by atoms with Gasteiger partial charge in [-0.3, -0.25) is 0 Å². The number of hydrogen-bond acceptors (Lipinski definition) is 2. The van der Waals surface area contributed by atoms with Gasteiger partial charge in [0.15, 0.2) is 0 Å². The molecule has 1 N–H and O–H groups in total. The van der Waals surface area contributed by atoms with Crippen LogP contribution in [-0.2, 0) is 4.74 Å². The number of hydrogen-bond donors (Lipinski definition) is 1. The highest BCUT2D eigenvalue weighted by molar-refractivity contribution is 4.90. The maximum atomic E-state index is 5.27. The third-order valence-corrected chi connectivity index (χ3v) is 2.11. The Morgan fingerprint density at radius 1 is 1.58 bits per heavy atom. The van der Waals surface area contributed by atoms with Crippen molar-refractivity contribution in [3.63, 3.8) is 0 Å². The molecule has 0 spiro atoms. The van der Waals surface area contributed by atoms with Gasteiger partial charge < -0.3 is 10.1 Å². The minimum atomic E-state index is 0.687. The lowest BCUT2D eigenvalue weighted by Crippen LogP contribution is -2.13. The van der Waals surface area contributed by atoms with Crippen molar-refractivity contribution < 1.29 is 4.74 Å². The third-order valence-electron chi connectivity index (χ3n) is 2.11. The van der Waals surface area contributed by atoms with Crippen molar-refractivity contribution in [2.75, 3.05) is 26.3 Å². The minimum absolute atomic E-state index is 0.687. The summed E-state index contributed by atoms with van der Waals surface area (Å²) in [5.74, 6) is 0.687. The van der Waals surface area contributed by atoms with E-state index in [1.807, 2.05) is 0 Å². The Morgan fingerprint density at radius 2 is 2.50 bits per heavy atom. The van der Waals surface area contributed by atoms with Crippen LogP contribution in [0.15, 0.2) is 12.2 Å². The van der Waals surface area contributed by atoms with E-state index in [9.17, 15) is 0 Å². The van der Waals surface area contributed by atoms with Crippen molar-refractivity contribution in [1.82, 2.24) is 5.32 Å². The van der Waals surface area contributed by atoms with Crippen LogP contribution in [0.25, 0.3) is 0 Å². The quantitative estimate of drug-likeness (QED) is 0.498. The molecule has 0 saturated carbocycles. The summed E-state index contributed by atoms with van der Waals surface area (Å²) in [6.45, 7) is 6.18. The predicted octanol–water partition coefficient (Wildman–Crippen LogP) is 1.58. The van der Waals surface area contributed by atoms with Gasteiger partial charge in [0, 0.05) is 12.5 Å². The Labute approximate surface area is 75.0 Å². The van der Waals surface area contributed by atoms with Crippen molar-refractivity contribution in [3.8, 4) is 0 Å². The molecular formula is C10H19NO. The second-order valence-corrected chi connectivity index (χ2v) is 3.19. The molecule has 1 saturated heterocycles. The van der Waals surface area contributed by atoms with Crippen molar-refractivity contribution >= 4 is 0 Å². The summed E-state index contributed by atoms with van der Waals surface area (Å²) in [4.78, 5) is 0. The fourth-order valence-corrected chi connectivity index (χ4v) is 1.36. The van der Waals surface area contributed by atoms with Gasteiger partial charge in [-0.15, -0.1) is 0 Å². The van der Waals surface area contributed by atoms with Gasteiger partial charge in [0.05, 0.1) is 6.61 Å². The monoisotopic (exact) mass is 169 g/mol. The first kappa shape index (κ1) is 9.75. The highest BCUT2D eigenvalue weighted by Gasteiger charge is 2.10. The molecule has 0 radical (unpaired) electrons. The van der Waals surface area contributed by atoms with Gasteiger partial charge in [-0.05, 0) is 25.9 Å². The zero-order valence-corrected chi connectivity index (χ0v) is 7.88. The van der Waals surface area contributed by atoms with E-state index in [2.05, 4.69) is 24.4 Å². The van der Waals surface area contributed by atoms with E-state index in [4.69, 9.17) is 4.74 Å². The Kier molecular flexibility index (Phi) is 5.04. The molecular weight excluding hydrogens is 150 g/mol. The van der Waals surface area contributed by atoms with E-state index in [1.165, 1.54) is 6.42 Å². The molecule has 0 aromatic rings. The average Bonchev–Trinajstić information content (AvgIpc) is 2.57. The van der Waals surface area contributed by atoms with E-state index in [0.29, 0.717) is 5.92 Å². The first-order valence-corrected chi connectivity index (χ1v) is 4.88. The Bertz CT molecular complexity index is 128. The summed E-state index contributed by atoms with van der Waals surface area (Å²) in [7, 11) is 0. The molecule has 0 amide bonds. The molecule has 1 rings (SSSR count). The second-order valence-electron chi connectivity index (χ2n) is 3.19. The first-order valence-electron chi connectivity index (χ1n) is 4.88. The van der Waals surface area contributed by atoms with Crippen LogP contribution in [0, 0.1) is 5.92 Å². The molecule has 2 heteroatoms. The van der Waals surface area contributed by atoms with Crippen molar-refractivity contribution in [1.29, 1.82) is 0 Å². The van der Waals surface area contributed by atoms with Crippen LogP contribution in [0.3, 0.4) is 0 Å². The van der Waals surface area contributed by atoms with Crippen LogP contribution in [0.1, 0.15) is 19.8 Å². The van der Waals surface area contributed by atoms with Gasteiger partial charge >= 0.3 is 0 Å². The molecule has 1 aliphatic rings. The molecule has 1 fully saturated rings. The van der Waals surface area contributed by atoms with Gasteiger partial charge in [0.2, 0.25) is 0 Å². The largest absolute Gasteiger partial charge is 0.381 e. The molecule has 1 unspecified atom stereocenters.